The lowest BCUT2D eigenvalue weighted by Gasteiger charge is -2.28. The highest BCUT2D eigenvalue weighted by Crippen LogP contribution is 2.43. The molecule has 2 fully saturated rings. The van der Waals surface area contributed by atoms with E-state index in [2.05, 4.69) is 15.0 Å². The number of fused-ring (bicyclic) bond motifs is 2. The molecule has 36 heavy (non-hydrogen) atoms. The summed E-state index contributed by atoms with van der Waals surface area (Å²) in [5, 5.41) is 9.82. The number of hydrogen-bond donors (Lipinski definition) is 1. The van der Waals surface area contributed by atoms with E-state index in [0.29, 0.717) is 4.90 Å². The van der Waals surface area contributed by atoms with Crippen LogP contribution in [0.2, 0.25) is 0 Å². The van der Waals surface area contributed by atoms with E-state index in [-0.39, 0.29) is 23.6 Å². The average Bonchev–Trinajstić information content (AvgIpc) is 3.36. The molecule has 2 aliphatic heterocycles. The highest BCUT2D eigenvalue weighted by molar-refractivity contribution is 6.12. The smallest absolute Gasteiger partial charge is 0.425 e. The lowest BCUT2D eigenvalue weighted by molar-refractivity contribution is -0.199. The number of rotatable bonds is 3. The SMILES string of the molecule is CC(C)(C)OC(=O)N(C(=O)OC(C)(C)C)c1ncnc2c1ncn2[C@H]1O[C@@H](CO)[C@@H]2OC(C)(C)O[C@@H]21. The molecular formula is C23H33N5O8. The fourth-order valence-electron chi connectivity index (χ4n) is 4.08. The van der Waals surface area contributed by atoms with Crippen molar-refractivity contribution in [2.75, 3.05) is 11.5 Å². The fraction of sp³-hybridized carbons (Fsp3) is 0.696. The Labute approximate surface area is 208 Å². The third kappa shape index (κ3) is 5.14. The van der Waals surface area contributed by atoms with Gasteiger partial charge < -0.3 is 28.8 Å². The molecule has 0 unspecified atom stereocenters. The molecule has 4 rings (SSSR count). The van der Waals surface area contributed by atoms with Gasteiger partial charge in [-0.3, -0.25) is 4.57 Å². The molecule has 2 saturated heterocycles. The van der Waals surface area contributed by atoms with E-state index in [1.54, 1.807) is 60.0 Å². The highest BCUT2D eigenvalue weighted by Gasteiger charge is 2.56. The van der Waals surface area contributed by atoms with Crippen molar-refractivity contribution in [3.05, 3.63) is 12.7 Å². The van der Waals surface area contributed by atoms with Crippen molar-refractivity contribution in [3.63, 3.8) is 0 Å². The van der Waals surface area contributed by atoms with Crippen molar-refractivity contribution in [3.8, 4) is 0 Å². The molecule has 13 nitrogen and oxygen atoms in total. The summed E-state index contributed by atoms with van der Waals surface area (Å²) in [4.78, 5) is 39.8. The third-order valence-electron chi connectivity index (χ3n) is 5.28. The second-order valence-corrected chi connectivity index (χ2v) is 11.1. The standard InChI is InChI=1S/C23H33N5O8/c1-21(2,3)35-19(30)28(20(31)36-22(4,5)6)17-13-16(24-10-25-17)27(11-26-13)18-15-14(12(9-29)32-18)33-23(7,8)34-15/h10-12,14-15,18,29H,9H2,1-8H3/t12-,14-,15-,18-/m0/s1. The summed E-state index contributed by atoms with van der Waals surface area (Å²) in [5.74, 6) is -0.981. The summed E-state index contributed by atoms with van der Waals surface area (Å²) in [6.07, 6.45) is -1.73. The van der Waals surface area contributed by atoms with Crippen LogP contribution >= 0.6 is 0 Å². The summed E-state index contributed by atoms with van der Waals surface area (Å²) in [6.45, 7) is 13.4. The first-order valence-electron chi connectivity index (χ1n) is 11.7. The molecule has 0 spiro atoms. The van der Waals surface area contributed by atoms with Crippen LogP contribution in [0, 0.1) is 0 Å². The fourth-order valence-corrected chi connectivity index (χ4v) is 4.08. The lowest BCUT2D eigenvalue weighted by Crippen LogP contribution is -2.44. The van der Waals surface area contributed by atoms with Crippen LogP contribution in [-0.4, -0.2) is 78.7 Å². The van der Waals surface area contributed by atoms with Crippen molar-refractivity contribution in [1.82, 2.24) is 19.5 Å². The van der Waals surface area contributed by atoms with Gasteiger partial charge in [-0.2, -0.15) is 4.90 Å². The van der Waals surface area contributed by atoms with Crippen molar-refractivity contribution in [2.45, 2.75) is 96.9 Å². The zero-order chi connectivity index (χ0) is 26.6. The summed E-state index contributed by atoms with van der Waals surface area (Å²) >= 11 is 0. The third-order valence-corrected chi connectivity index (χ3v) is 5.28. The molecule has 2 aromatic heterocycles. The first-order valence-corrected chi connectivity index (χ1v) is 11.7. The number of anilines is 1. The van der Waals surface area contributed by atoms with Gasteiger partial charge in [0.15, 0.2) is 29.0 Å². The minimum Gasteiger partial charge on any atom is -0.443 e. The molecule has 0 aliphatic carbocycles. The molecule has 198 valence electrons. The first-order chi connectivity index (χ1) is 16.6. The summed E-state index contributed by atoms with van der Waals surface area (Å²) in [6, 6.07) is 0. The number of ether oxygens (including phenoxy) is 5. The number of aromatic nitrogens is 4. The monoisotopic (exact) mass is 507 g/mol. The maximum atomic E-state index is 13.1. The number of carbonyl (C=O) groups excluding carboxylic acids is 2. The zero-order valence-electron chi connectivity index (χ0n) is 21.7. The molecular weight excluding hydrogens is 474 g/mol. The van der Waals surface area contributed by atoms with Crippen LogP contribution in [0.15, 0.2) is 12.7 Å². The van der Waals surface area contributed by atoms with Crippen LogP contribution in [0.5, 0.6) is 0 Å². The second kappa shape index (κ2) is 8.91. The molecule has 1 N–H and O–H groups in total. The Morgan fingerprint density at radius 1 is 1.03 bits per heavy atom. The molecule has 4 heterocycles. The van der Waals surface area contributed by atoms with E-state index >= 15 is 0 Å². The first kappa shape index (κ1) is 26.2. The molecule has 13 heteroatoms. The molecule has 0 saturated carbocycles. The molecule has 4 atom stereocenters. The van der Waals surface area contributed by atoms with E-state index in [4.69, 9.17) is 23.7 Å². The van der Waals surface area contributed by atoms with Crippen LogP contribution in [0.3, 0.4) is 0 Å². The van der Waals surface area contributed by atoms with Gasteiger partial charge in [0, 0.05) is 0 Å². The van der Waals surface area contributed by atoms with E-state index in [1.165, 1.54) is 12.7 Å². The lowest BCUT2D eigenvalue weighted by atomic mass is 10.1. The van der Waals surface area contributed by atoms with Gasteiger partial charge >= 0.3 is 12.2 Å². The number of carbonyl (C=O) groups is 2. The number of hydrogen-bond acceptors (Lipinski definition) is 11. The second-order valence-electron chi connectivity index (χ2n) is 11.1. The Morgan fingerprint density at radius 3 is 2.17 bits per heavy atom. The average molecular weight is 508 g/mol. The van der Waals surface area contributed by atoms with Gasteiger partial charge in [0.2, 0.25) is 0 Å². The van der Waals surface area contributed by atoms with Crippen molar-refractivity contribution in [2.24, 2.45) is 0 Å². The Balaban J connectivity index is 1.76. The molecule has 2 amide bonds. The zero-order valence-corrected chi connectivity index (χ0v) is 21.7. The Morgan fingerprint density at radius 2 is 1.61 bits per heavy atom. The number of imidazole rings is 1. The number of nitrogens with zero attached hydrogens (tertiary/aromatic N) is 5. The van der Waals surface area contributed by atoms with Gasteiger partial charge in [-0.15, -0.1) is 0 Å². The number of amides is 2. The largest absolute Gasteiger partial charge is 0.443 e. The normalized spacial score (nSPS) is 25.6. The topological polar surface area (TPSA) is 147 Å². The molecule has 0 aromatic carbocycles. The minimum atomic E-state index is -0.974. The molecule has 0 radical (unpaired) electrons. The van der Waals surface area contributed by atoms with Gasteiger partial charge in [-0.1, -0.05) is 0 Å². The van der Waals surface area contributed by atoms with Crippen LogP contribution in [0.25, 0.3) is 11.2 Å². The maximum absolute atomic E-state index is 13.1. The number of aliphatic hydroxyl groups is 1. The predicted molar refractivity (Wildman–Crippen MR) is 125 cm³/mol. The molecule has 2 aromatic rings. The van der Waals surface area contributed by atoms with Crippen molar-refractivity contribution in [1.29, 1.82) is 0 Å². The van der Waals surface area contributed by atoms with Gasteiger partial charge in [0.05, 0.1) is 12.9 Å². The van der Waals surface area contributed by atoms with Crippen molar-refractivity contribution < 1.29 is 38.4 Å². The Hall–Kier alpha value is -2.87. The maximum Gasteiger partial charge on any atom is 0.425 e. The van der Waals surface area contributed by atoms with Crippen molar-refractivity contribution >= 4 is 29.2 Å². The summed E-state index contributed by atoms with van der Waals surface area (Å²) in [7, 11) is 0. The summed E-state index contributed by atoms with van der Waals surface area (Å²) < 4.78 is 30.5. The number of imide groups is 1. The van der Waals surface area contributed by atoms with Gasteiger partial charge in [-0.05, 0) is 55.4 Å². The van der Waals surface area contributed by atoms with E-state index in [1.807, 2.05) is 0 Å². The predicted octanol–water partition coefficient (Wildman–Crippen LogP) is 2.91. The Bertz CT molecular complexity index is 1120. The van der Waals surface area contributed by atoms with Gasteiger partial charge in [-0.25, -0.2) is 24.5 Å². The van der Waals surface area contributed by atoms with E-state index < -0.39 is 53.7 Å². The molecule has 2 aliphatic rings. The minimum absolute atomic E-state index is 0.112. The van der Waals surface area contributed by atoms with E-state index in [9.17, 15) is 14.7 Å². The van der Waals surface area contributed by atoms with Crippen LogP contribution in [-0.2, 0) is 23.7 Å². The van der Waals surface area contributed by atoms with Crippen LogP contribution < -0.4 is 4.90 Å². The Kier molecular flexibility index (Phi) is 6.48. The summed E-state index contributed by atoms with van der Waals surface area (Å²) in [5.41, 5.74) is -1.36. The van der Waals surface area contributed by atoms with E-state index in [0.717, 1.165) is 0 Å². The van der Waals surface area contributed by atoms with Crippen LogP contribution in [0.1, 0.15) is 61.6 Å². The van der Waals surface area contributed by atoms with Crippen LogP contribution in [0.4, 0.5) is 15.4 Å². The molecule has 0 bridgehead atoms. The van der Waals surface area contributed by atoms with Gasteiger partial charge in [0.1, 0.15) is 35.8 Å². The number of aliphatic hydroxyl groups excluding tert-OH is 1. The quantitative estimate of drug-likeness (QED) is 0.654. The van der Waals surface area contributed by atoms with Gasteiger partial charge in [0.25, 0.3) is 0 Å². The highest BCUT2D eigenvalue weighted by atomic mass is 16.8.